The van der Waals surface area contributed by atoms with Crippen molar-refractivity contribution >= 4 is 17.3 Å². The average molecular weight is 402 g/mol. The zero-order valence-electron chi connectivity index (χ0n) is 17.2. The Hall–Kier alpha value is -3.41. The molecule has 3 aromatic rings. The number of carbonyl (C=O) groups is 1. The minimum Gasteiger partial charge on any atom is -0.399 e. The van der Waals surface area contributed by atoms with E-state index in [4.69, 9.17) is 5.73 Å². The molecule has 1 saturated heterocycles. The summed E-state index contributed by atoms with van der Waals surface area (Å²) in [5.41, 5.74) is 11.8. The molecule has 0 atom stereocenters. The predicted octanol–water partition coefficient (Wildman–Crippen LogP) is 4.00. The maximum absolute atomic E-state index is 13.0. The van der Waals surface area contributed by atoms with Crippen LogP contribution in [-0.4, -0.2) is 33.9 Å². The summed E-state index contributed by atoms with van der Waals surface area (Å²) in [6.07, 6.45) is 7.03. The summed E-state index contributed by atoms with van der Waals surface area (Å²) >= 11 is 0. The summed E-state index contributed by atoms with van der Waals surface area (Å²) in [4.78, 5) is 23.5. The van der Waals surface area contributed by atoms with Crippen molar-refractivity contribution in [2.24, 2.45) is 0 Å². The molecule has 6 heteroatoms. The molecule has 1 fully saturated rings. The zero-order valence-corrected chi connectivity index (χ0v) is 17.2. The number of hydrogen-bond acceptors (Lipinski definition) is 5. The number of nitrogens with one attached hydrogen (secondary N) is 1. The second kappa shape index (κ2) is 8.95. The van der Waals surface area contributed by atoms with Crippen molar-refractivity contribution in [3.8, 4) is 0 Å². The van der Waals surface area contributed by atoms with Crippen molar-refractivity contribution < 1.29 is 4.79 Å². The molecule has 1 aliphatic heterocycles. The molecule has 154 valence electrons. The van der Waals surface area contributed by atoms with E-state index < -0.39 is 0 Å². The van der Waals surface area contributed by atoms with Crippen molar-refractivity contribution in [1.29, 1.82) is 0 Å². The fourth-order valence-corrected chi connectivity index (χ4v) is 4.04. The minimum absolute atomic E-state index is 0.0340. The fraction of sp³-hybridized carbons (Fsp3) is 0.292. The van der Waals surface area contributed by atoms with E-state index in [1.165, 1.54) is 5.56 Å². The maximum Gasteiger partial charge on any atom is 0.255 e. The highest BCUT2D eigenvalue weighted by Crippen LogP contribution is 2.32. The monoisotopic (exact) mass is 401 g/mol. The first-order valence-electron chi connectivity index (χ1n) is 10.3. The first kappa shape index (κ1) is 19.9. The number of hydrogen-bond donors (Lipinski definition) is 2. The first-order valence-corrected chi connectivity index (χ1v) is 10.3. The molecule has 0 saturated carbocycles. The summed E-state index contributed by atoms with van der Waals surface area (Å²) < 4.78 is 0. The molecule has 2 aromatic heterocycles. The second-order valence-corrected chi connectivity index (χ2v) is 7.76. The van der Waals surface area contributed by atoms with Gasteiger partial charge in [-0.25, -0.2) is 0 Å². The van der Waals surface area contributed by atoms with Gasteiger partial charge in [0.05, 0.1) is 23.5 Å². The van der Waals surface area contributed by atoms with Crippen LogP contribution in [0.1, 0.15) is 45.9 Å². The molecule has 3 N–H and O–H groups in total. The molecule has 1 aromatic carbocycles. The van der Waals surface area contributed by atoms with Crippen molar-refractivity contribution in [3.63, 3.8) is 0 Å². The van der Waals surface area contributed by atoms with Crippen LogP contribution in [-0.2, 0) is 6.54 Å². The minimum atomic E-state index is 0.0340. The molecule has 0 aliphatic carbocycles. The van der Waals surface area contributed by atoms with Crippen LogP contribution >= 0.6 is 0 Å². The molecule has 3 heterocycles. The van der Waals surface area contributed by atoms with E-state index in [2.05, 4.69) is 28.3 Å². The van der Waals surface area contributed by atoms with Gasteiger partial charge in [-0.1, -0.05) is 18.2 Å². The van der Waals surface area contributed by atoms with Gasteiger partial charge >= 0.3 is 0 Å². The molecular formula is C24H27N5O. The molecule has 1 amide bonds. The standard InChI is InChI=1S/C24H27N5O/c1-17-22(6-4-7-23(17)25)18-8-11-29(12-9-18)24(30)19-13-21(15-26-14-19)28-16-20-5-2-3-10-27-20/h2-7,10,13-15,18,28H,8-9,11-12,16,25H2,1H3. The molecule has 0 bridgehead atoms. The Kier molecular flexibility index (Phi) is 5.93. The Morgan fingerprint density at radius 3 is 2.77 bits per heavy atom. The van der Waals surface area contributed by atoms with Crippen LogP contribution in [0, 0.1) is 6.92 Å². The summed E-state index contributed by atoms with van der Waals surface area (Å²) in [5, 5.41) is 3.29. The SMILES string of the molecule is Cc1c(N)cccc1C1CCN(C(=O)c2cncc(NCc3ccccn3)c2)CC1. The average Bonchev–Trinajstić information content (AvgIpc) is 2.80. The van der Waals surface area contributed by atoms with Gasteiger partial charge in [-0.2, -0.15) is 0 Å². The van der Waals surface area contributed by atoms with Gasteiger partial charge in [-0.05, 0) is 61.1 Å². The largest absolute Gasteiger partial charge is 0.399 e. The van der Waals surface area contributed by atoms with E-state index in [0.29, 0.717) is 18.0 Å². The number of amides is 1. The summed E-state index contributed by atoms with van der Waals surface area (Å²) in [5.74, 6) is 0.480. The topological polar surface area (TPSA) is 84.1 Å². The fourth-order valence-electron chi connectivity index (χ4n) is 4.04. The van der Waals surface area contributed by atoms with Gasteiger partial charge in [-0.15, -0.1) is 0 Å². The lowest BCUT2D eigenvalue weighted by Crippen LogP contribution is -2.38. The third-order valence-corrected chi connectivity index (χ3v) is 5.82. The number of anilines is 2. The number of nitrogen functional groups attached to an aromatic ring is 1. The lowest BCUT2D eigenvalue weighted by atomic mass is 9.86. The van der Waals surface area contributed by atoms with E-state index >= 15 is 0 Å². The third-order valence-electron chi connectivity index (χ3n) is 5.82. The number of nitrogens with two attached hydrogens (primary N) is 1. The van der Waals surface area contributed by atoms with E-state index in [1.807, 2.05) is 41.3 Å². The zero-order chi connectivity index (χ0) is 20.9. The number of piperidine rings is 1. The van der Waals surface area contributed by atoms with Gasteiger partial charge in [0, 0.05) is 37.4 Å². The molecule has 0 spiro atoms. The Morgan fingerprint density at radius 1 is 1.17 bits per heavy atom. The highest BCUT2D eigenvalue weighted by atomic mass is 16.2. The number of nitrogens with zero attached hydrogens (tertiary/aromatic N) is 3. The molecule has 1 aliphatic rings. The maximum atomic E-state index is 13.0. The van der Waals surface area contributed by atoms with Crippen molar-refractivity contribution in [2.75, 3.05) is 24.1 Å². The van der Waals surface area contributed by atoms with Gasteiger partial charge in [0.25, 0.3) is 5.91 Å². The third kappa shape index (κ3) is 4.43. The molecule has 0 radical (unpaired) electrons. The van der Waals surface area contributed by atoms with E-state index in [0.717, 1.165) is 48.6 Å². The summed E-state index contributed by atoms with van der Waals surface area (Å²) in [6, 6.07) is 13.8. The number of rotatable bonds is 5. The van der Waals surface area contributed by atoms with Gasteiger partial charge in [-0.3, -0.25) is 14.8 Å². The first-order chi connectivity index (χ1) is 14.6. The number of benzene rings is 1. The number of carbonyl (C=O) groups excluding carboxylic acids is 1. The van der Waals surface area contributed by atoms with E-state index in [-0.39, 0.29) is 5.91 Å². The van der Waals surface area contributed by atoms with Gasteiger partial charge < -0.3 is 16.0 Å². The molecule has 30 heavy (non-hydrogen) atoms. The van der Waals surface area contributed by atoms with Crippen LogP contribution in [0.5, 0.6) is 0 Å². The summed E-state index contributed by atoms with van der Waals surface area (Å²) in [7, 11) is 0. The van der Waals surface area contributed by atoms with Crippen LogP contribution in [0.15, 0.2) is 61.1 Å². The van der Waals surface area contributed by atoms with E-state index in [1.54, 1.807) is 18.6 Å². The van der Waals surface area contributed by atoms with Crippen molar-refractivity contribution in [2.45, 2.75) is 32.2 Å². The molecule has 4 rings (SSSR count). The van der Waals surface area contributed by atoms with Crippen molar-refractivity contribution in [3.05, 3.63) is 83.4 Å². The Bertz CT molecular complexity index is 1010. The normalized spacial score (nSPS) is 14.5. The highest BCUT2D eigenvalue weighted by Gasteiger charge is 2.26. The van der Waals surface area contributed by atoms with Gasteiger partial charge in [0.1, 0.15) is 0 Å². The molecular weight excluding hydrogens is 374 g/mol. The van der Waals surface area contributed by atoms with Crippen LogP contribution in [0.25, 0.3) is 0 Å². The number of aromatic nitrogens is 2. The smallest absolute Gasteiger partial charge is 0.255 e. The Morgan fingerprint density at radius 2 is 2.00 bits per heavy atom. The lowest BCUT2D eigenvalue weighted by Gasteiger charge is -2.33. The Labute approximate surface area is 177 Å². The van der Waals surface area contributed by atoms with E-state index in [9.17, 15) is 4.79 Å². The second-order valence-electron chi connectivity index (χ2n) is 7.76. The predicted molar refractivity (Wildman–Crippen MR) is 119 cm³/mol. The van der Waals surface area contributed by atoms with Crippen LogP contribution in [0.2, 0.25) is 0 Å². The summed E-state index contributed by atoms with van der Waals surface area (Å²) in [6.45, 7) is 4.15. The van der Waals surface area contributed by atoms with Gasteiger partial charge in [0.2, 0.25) is 0 Å². The Balaban J connectivity index is 1.38. The molecule has 6 nitrogen and oxygen atoms in total. The van der Waals surface area contributed by atoms with Crippen LogP contribution in [0.4, 0.5) is 11.4 Å². The van der Waals surface area contributed by atoms with Crippen LogP contribution in [0.3, 0.4) is 0 Å². The van der Waals surface area contributed by atoms with Crippen molar-refractivity contribution in [1.82, 2.24) is 14.9 Å². The van der Waals surface area contributed by atoms with Crippen LogP contribution < -0.4 is 11.1 Å². The highest BCUT2D eigenvalue weighted by molar-refractivity contribution is 5.94. The quantitative estimate of drug-likeness (QED) is 0.631. The number of likely N-dealkylation sites (tertiary alicyclic amines) is 1. The number of pyridine rings is 2. The molecule has 0 unspecified atom stereocenters. The lowest BCUT2D eigenvalue weighted by molar-refractivity contribution is 0.0712. The van der Waals surface area contributed by atoms with Gasteiger partial charge in [0.15, 0.2) is 0 Å².